The number of nitrogen functional groups attached to an aromatic ring is 1. The van der Waals surface area contributed by atoms with Crippen LogP contribution in [0, 0.1) is 25.2 Å². The summed E-state index contributed by atoms with van der Waals surface area (Å²) < 4.78 is 77.9. The molecule has 0 radical (unpaired) electrons. The molecule has 13 N–H and O–H groups in total. The Hall–Kier alpha value is -6.50. The number of benzene rings is 2. The van der Waals surface area contributed by atoms with Gasteiger partial charge in [0.15, 0.2) is 44.1 Å². The number of amidine groups is 2. The molecule has 5 aromatic rings. The molecule has 5 heterocycles. The van der Waals surface area contributed by atoms with Gasteiger partial charge in [0.05, 0.1) is 52.9 Å². The second kappa shape index (κ2) is 65.4. The number of aromatic nitrogens is 6. The summed E-state index contributed by atoms with van der Waals surface area (Å²) in [6.07, 6.45) is 5.97. The van der Waals surface area contributed by atoms with Crippen LogP contribution in [0.4, 0.5) is 17.2 Å². The smallest absolute Gasteiger partial charge is 0.258 e. The molecule has 2 aliphatic rings. The molecule has 7 rings (SSSR count). The number of aliphatic imine (C=N–C) groups is 2. The van der Waals surface area contributed by atoms with Crippen LogP contribution in [-0.2, 0) is 63.0 Å². The number of ether oxygens (including phenoxy) is 13. The van der Waals surface area contributed by atoms with Gasteiger partial charge in [0.1, 0.15) is 85.4 Å². The van der Waals surface area contributed by atoms with E-state index in [1.165, 1.54) is 111 Å². The van der Waals surface area contributed by atoms with E-state index in [2.05, 4.69) is 89.5 Å². The molecule has 0 fully saturated rings. The Kier molecular flexibility index (Phi) is 60.6. The topological polar surface area (TPSA) is 497 Å². The van der Waals surface area contributed by atoms with Crippen molar-refractivity contribution in [3.05, 3.63) is 97.6 Å². The molecule has 0 aliphatic carbocycles. The predicted molar refractivity (Wildman–Crippen MR) is 471 cm³/mol. The van der Waals surface area contributed by atoms with Crippen molar-refractivity contribution in [1.29, 1.82) is 5.26 Å². The SMILES string of the molecule is CCSC1=NC(OC)C(C#N)=C(SC)N1.CCSC1=NC(OC)C(C(N)=O)=C(SC)N1.CCSc1nc(Nc2cccc(C)c2)c(C(N)=O)c(OCCOCOC)n1.CCSc1nc(OCCOCOC)c(C(N)=O)c(S(C)=O)n1.CCSc1nc(OCCOCOC)c(C(N)=O)c(SC)n1.COCOCCBr.Cc1cccc(N)c1. The minimum atomic E-state index is -1.49. The summed E-state index contributed by atoms with van der Waals surface area (Å²) in [6, 6.07) is 17.6. The third-order valence-corrected chi connectivity index (χ3v) is 20.0. The predicted octanol–water partition coefficient (Wildman–Crippen LogP) is 9.65. The molecule has 0 bridgehead atoms. The van der Waals surface area contributed by atoms with E-state index in [9.17, 15) is 23.4 Å². The molecule has 2 aliphatic heterocycles. The van der Waals surface area contributed by atoms with E-state index in [1.807, 2.05) is 109 Å². The second-order valence-electron chi connectivity index (χ2n) is 21.5. The summed E-state index contributed by atoms with van der Waals surface area (Å²) in [5.74, 6) is 2.23. The van der Waals surface area contributed by atoms with Crippen molar-refractivity contribution in [2.24, 2.45) is 32.9 Å². The molecule has 646 valence electrons. The first kappa shape index (κ1) is 108. The number of carbonyl (C=O) groups is 4. The van der Waals surface area contributed by atoms with E-state index in [1.54, 1.807) is 37.7 Å². The summed E-state index contributed by atoms with van der Waals surface area (Å²) in [6.45, 7) is 17.0. The molecule has 45 heteroatoms. The number of amides is 4. The van der Waals surface area contributed by atoms with Gasteiger partial charge in [-0.25, -0.2) is 24.9 Å². The van der Waals surface area contributed by atoms with Crippen molar-refractivity contribution in [2.45, 2.75) is 86.4 Å². The largest absolute Gasteiger partial charge is 0.475 e. The number of nitrogens with two attached hydrogens (primary N) is 5. The Morgan fingerprint density at radius 1 is 0.534 bits per heavy atom. The van der Waals surface area contributed by atoms with Crippen molar-refractivity contribution in [2.75, 3.05) is 186 Å². The van der Waals surface area contributed by atoms with Crippen LogP contribution in [0.2, 0.25) is 0 Å². The highest BCUT2D eigenvalue weighted by atomic mass is 79.9. The molecule has 0 saturated carbocycles. The maximum Gasteiger partial charge on any atom is 0.258 e. The van der Waals surface area contributed by atoms with Crippen molar-refractivity contribution in [3.63, 3.8) is 0 Å². The molecule has 116 heavy (non-hydrogen) atoms. The van der Waals surface area contributed by atoms with Crippen molar-refractivity contribution in [1.82, 2.24) is 40.5 Å². The number of methoxy groups -OCH3 is 6. The van der Waals surface area contributed by atoms with Crippen LogP contribution in [0.3, 0.4) is 0 Å². The highest BCUT2D eigenvalue weighted by Crippen LogP contribution is 2.33. The number of aryl methyl sites for hydroxylation is 2. The van der Waals surface area contributed by atoms with Gasteiger partial charge in [-0.15, -0.1) is 35.3 Å². The lowest BCUT2D eigenvalue weighted by Gasteiger charge is -2.24. The Morgan fingerprint density at radius 3 is 1.34 bits per heavy atom. The van der Waals surface area contributed by atoms with Crippen molar-refractivity contribution >= 4 is 172 Å². The Morgan fingerprint density at radius 2 is 0.957 bits per heavy atom. The number of nitrogens with one attached hydrogen (secondary N) is 3. The van der Waals surface area contributed by atoms with Crippen molar-refractivity contribution in [3.8, 4) is 23.7 Å². The van der Waals surface area contributed by atoms with E-state index in [0.29, 0.717) is 62.5 Å². The summed E-state index contributed by atoms with van der Waals surface area (Å²) in [7, 11) is 7.76. The molecular formula is C71H108BrN17O18S9. The van der Waals surface area contributed by atoms with E-state index in [0.717, 1.165) is 66.4 Å². The zero-order valence-corrected chi connectivity index (χ0v) is 77.0. The minimum absolute atomic E-state index is 0.0182. The number of hydrogen-bond donors (Lipinski definition) is 8. The first-order chi connectivity index (χ1) is 55.8. The number of halogens is 1. The van der Waals surface area contributed by atoms with Crippen LogP contribution in [0.1, 0.15) is 76.8 Å². The number of nitrogens with zero attached hydrogens (tertiary/aromatic N) is 9. The number of nitriles is 1. The number of carbonyl (C=O) groups excluding carboxylic acids is 4. The first-order valence-electron chi connectivity index (χ1n) is 34.8. The number of anilines is 3. The maximum atomic E-state index is 12.1. The third-order valence-electron chi connectivity index (χ3n) is 13.0. The Bertz CT molecular complexity index is 3960. The number of rotatable bonds is 42. The number of alkyl halides is 1. The zero-order chi connectivity index (χ0) is 86.8. The second-order valence-corrected chi connectivity index (χ2v) is 32.2. The molecule has 0 saturated heterocycles. The van der Waals surface area contributed by atoms with Crippen LogP contribution < -0.4 is 58.8 Å². The fraction of sp³-hybridized carbons (Fsp3) is 0.507. The first-order valence-corrected chi connectivity index (χ1v) is 46.1. The van der Waals surface area contributed by atoms with Gasteiger partial charge in [-0.3, -0.25) is 23.4 Å². The van der Waals surface area contributed by atoms with Gasteiger partial charge in [-0.2, -0.15) is 20.2 Å². The average Bonchev–Trinajstić information content (AvgIpc) is 0.916. The fourth-order valence-corrected chi connectivity index (χ4v) is 14.2. The lowest BCUT2D eigenvalue weighted by atomic mass is 10.2. The lowest BCUT2D eigenvalue weighted by molar-refractivity contribution is -0.115. The Labute approximate surface area is 724 Å². The molecule has 3 unspecified atom stereocenters. The van der Waals surface area contributed by atoms with Gasteiger partial charge >= 0.3 is 0 Å². The third kappa shape index (κ3) is 42.4. The monoisotopic (exact) mass is 1850 g/mol. The van der Waals surface area contributed by atoms with Gasteiger partial charge in [0, 0.05) is 65.6 Å². The van der Waals surface area contributed by atoms with Gasteiger partial charge < -0.3 is 106 Å². The number of primary amides is 4. The molecule has 35 nitrogen and oxygen atoms in total. The van der Waals surface area contributed by atoms with Crippen LogP contribution in [-0.4, -0.2) is 256 Å². The number of hydrogen-bond acceptors (Lipinski definition) is 39. The highest BCUT2D eigenvalue weighted by molar-refractivity contribution is 9.09. The zero-order valence-electron chi connectivity index (χ0n) is 68.1. The number of thioether (sulfide) groups is 8. The quantitative estimate of drug-likeness (QED) is 0.00342. The average molecular weight is 1860 g/mol. The van der Waals surface area contributed by atoms with Gasteiger partial charge in [-0.05, 0) is 96.8 Å². The van der Waals surface area contributed by atoms with E-state index < -0.39 is 46.9 Å². The molecule has 2 aromatic carbocycles. The molecule has 3 atom stereocenters. The molecular weight excluding hydrogens is 1750 g/mol. The summed E-state index contributed by atoms with van der Waals surface area (Å²) in [5.41, 5.74) is 32.2. The van der Waals surface area contributed by atoms with Gasteiger partial charge in [0.2, 0.25) is 17.6 Å². The highest BCUT2D eigenvalue weighted by Gasteiger charge is 2.29. The summed E-state index contributed by atoms with van der Waals surface area (Å²) in [5, 5.41) is 24.3. The van der Waals surface area contributed by atoms with Gasteiger partial charge in [-0.1, -0.05) is 134 Å². The van der Waals surface area contributed by atoms with Crippen LogP contribution in [0.15, 0.2) is 105 Å². The Balaban J connectivity index is 0.000000700. The molecule has 4 amide bonds. The minimum Gasteiger partial charge on any atom is -0.475 e. The van der Waals surface area contributed by atoms with Gasteiger partial charge in [0.25, 0.3) is 23.6 Å². The maximum absolute atomic E-state index is 12.1. The standard InChI is InChI=1S/C18H24N4O4S.C12H19N3O5S2.C12H19N3O4S2.C9H15N3O2S2.C9H13N3OS2.C7H9N.C4H9BrO2/c1-4-27-18-21-16(20-13-7-5-6-12(2)10-13)14(15(19)23)17(22-18)26-9-8-25-11-24-3;1-4-21-12-14-10(20-6-5-19-7-18-2)8(9(13)16)11(15-12)22(3)17;1-4-21-12-14-10(19-6-5-18-7-17-2)8(9(13)16)11(15-12)20-3;1-4-16-9-11-7(14-2)5(6(10)13)8(12-9)15-3;1-4-15-9-11-7(13-2)6(5-10)8(12-9)14-3;1-6-3-2-4-7(8)5-6;1-6-4-7-3-2-5/h5-7,10H,4,8-9,11H2,1-3H3,(H2,19,23)(H,20,21,22);4-7H2,1-3H3,(H2,13,16);4-7H2,1-3H3,(H2,13,16);7H,4H2,1-3H3,(H2,10,13)(H,11,12);7H,4H2,1-3H3,(H,11,12);2-5H,8H2,1H3;2-4H2,1H3. The fourth-order valence-electron chi connectivity index (χ4n) is 8.34. The molecule has 0 spiro atoms. The van der Waals surface area contributed by atoms with E-state index in [4.69, 9.17) is 90.8 Å². The summed E-state index contributed by atoms with van der Waals surface area (Å²) in [4.78, 5) is 80.7. The molecule has 3 aromatic heterocycles. The van der Waals surface area contributed by atoms with Crippen LogP contribution in [0.5, 0.6) is 17.6 Å². The van der Waals surface area contributed by atoms with Crippen LogP contribution >= 0.6 is 110 Å². The van der Waals surface area contributed by atoms with Crippen LogP contribution in [0.25, 0.3) is 0 Å². The van der Waals surface area contributed by atoms with E-state index in [-0.39, 0.29) is 92.8 Å². The van der Waals surface area contributed by atoms with Crippen molar-refractivity contribution < 1.29 is 85.0 Å². The normalized spacial score (nSPS) is 13.4. The van der Waals surface area contributed by atoms with E-state index >= 15 is 0 Å². The lowest BCUT2D eigenvalue weighted by Crippen LogP contribution is -2.36. The summed E-state index contributed by atoms with van der Waals surface area (Å²) >= 11 is 14.9.